The van der Waals surface area contributed by atoms with E-state index in [1.807, 2.05) is 35.1 Å². The molecular formula is C16H13BrN2. The van der Waals surface area contributed by atoms with Crippen LogP contribution in [0.3, 0.4) is 0 Å². The van der Waals surface area contributed by atoms with E-state index < -0.39 is 0 Å². The fourth-order valence-electron chi connectivity index (χ4n) is 2.08. The van der Waals surface area contributed by atoms with Crippen LogP contribution in [-0.2, 0) is 6.54 Å². The highest BCUT2D eigenvalue weighted by Gasteiger charge is 2.05. The first-order chi connectivity index (χ1) is 9.33. The maximum Gasteiger partial charge on any atom is 0.0686 e. The van der Waals surface area contributed by atoms with Gasteiger partial charge in [-0.3, -0.25) is 4.68 Å². The van der Waals surface area contributed by atoms with Crippen LogP contribution in [0.2, 0.25) is 0 Å². The molecule has 0 unspecified atom stereocenters. The molecule has 0 radical (unpaired) electrons. The van der Waals surface area contributed by atoms with Crippen molar-refractivity contribution < 1.29 is 0 Å². The molecule has 3 aromatic rings. The number of benzene rings is 2. The summed E-state index contributed by atoms with van der Waals surface area (Å²) in [5, 5.41) is 4.42. The van der Waals surface area contributed by atoms with E-state index in [0.29, 0.717) is 0 Å². The predicted octanol–water partition coefficient (Wildman–Crippen LogP) is 4.36. The van der Waals surface area contributed by atoms with Crippen molar-refractivity contribution in [3.8, 4) is 11.3 Å². The molecule has 2 nitrogen and oxygen atoms in total. The molecule has 0 aliphatic heterocycles. The lowest BCUT2D eigenvalue weighted by molar-refractivity contribution is 0.694. The number of aromatic nitrogens is 2. The van der Waals surface area contributed by atoms with Crippen LogP contribution in [-0.4, -0.2) is 9.78 Å². The van der Waals surface area contributed by atoms with Gasteiger partial charge in [-0.05, 0) is 29.3 Å². The topological polar surface area (TPSA) is 17.8 Å². The number of nitrogens with zero attached hydrogens (tertiary/aromatic N) is 2. The van der Waals surface area contributed by atoms with Crippen LogP contribution in [0.25, 0.3) is 11.3 Å². The van der Waals surface area contributed by atoms with Crippen LogP contribution in [0.5, 0.6) is 0 Å². The molecule has 0 saturated heterocycles. The van der Waals surface area contributed by atoms with Crippen LogP contribution in [0.4, 0.5) is 0 Å². The van der Waals surface area contributed by atoms with E-state index in [2.05, 4.69) is 57.4 Å². The molecule has 0 N–H and O–H groups in total. The van der Waals surface area contributed by atoms with Gasteiger partial charge in [0.25, 0.3) is 0 Å². The van der Waals surface area contributed by atoms with Gasteiger partial charge in [-0.1, -0.05) is 58.4 Å². The van der Waals surface area contributed by atoms with Gasteiger partial charge < -0.3 is 0 Å². The Kier molecular flexibility index (Phi) is 3.47. The summed E-state index contributed by atoms with van der Waals surface area (Å²) in [6, 6.07) is 20.7. The number of hydrogen-bond acceptors (Lipinski definition) is 1. The zero-order chi connectivity index (χ0) is 13.1. The standard InChI is InChI=1S/C16H13BrN2/c17-15-8-6-13(7-9-15)12-19-16(10-11-18-19)14-4-2-1-3-5-14/h1-11H,12H2. The second kappa shape index (κ2) is 5.41. The first-order valence-electron chi connectivity index (χ1n) is 6.14. The minimum absolute atomic E-state index is 0.782. The lowest BCUT2D eigenvalue weighted by Crippen LogP contribution is -2.03. The SMILES string of the molecule is Brc1ccc(Cn2nccc2-c2ccccc2)cc1. The van der Waals surface area contributed by atoms with Crippen molar-refractivity contribution >= 4 is 15.9 Å². The van der Waals surface area contributed by atoms with Crippen molar-refractivity contribution in [1.29, 1.82) is 0 Å². The van der Waals surface area contributed by atoms with Gasteiger partial charge >= 0.3 is 0 Å². The van der Waals surface area contributed by atoms with Gasteiger partial charge in [0, 0.05) is 10.7 Å². The molecule has 0 amide bonds. The molecule has 0 fully saturated rings. The second-order valence-electron chi connectivity index (χ2n) is 4.37. The van der Waals surface area contributed by atoms with Gasteiger partial charge in [0.05, 0.1) is 12.2 Å². The number of rotatable bonds is 3. The highest BCUT2D eigenvalue weighted by Crippen LogP contribution is 2.19. The van der Waals surface area contributed by atoms with E-state index in [1.165, 1.54) is 11.1 Å². The minimum Gasteiger partial charge on any atom is -0.260 e. The molecule has 2 aromatic carbocycles. The first kappa shape index (κ1) is 12.2. The van der Waals surface area contributed by atoms with Gasteiger partial charge in [0.2, 0.25) is 0 Å². The molecule has 3 rings (SSSR count). The third-order valence-electron chi connectivity index (χ3n) is 3.03. The van der Waals surface area contributed by atoms with Gasteiger partial charge in [0.15, 0.2) is 0 Å². The maximum atomic E-state index is 4.42. The molecular weight excluding hydrogens is 300 g/mol. The van der Waals surface area contributed by atoms with Gasteiger partial charge in [0.1, 0.15) is 0 Å². The molecule has 0 aliphatic rings. The van der Waals surface area contributed by atoms with Crippen LogP contribution in [0, 0.1) is 0 Å². The molecule has 94 valence electrons. The summed E-state index contributed by atoms with van der Waals surface area (Å²) >= 11 is 3.45. The van der Waals surface area contributed by atoms with Crippen molar-refractivity contribution in [3.63, 3.8) is 0 Å². The molecule has 0 spiro atoms. The zero-order valence-corrected chi connectivity index (χ0v) is 11.9. The molecule has 0 saturated carbocycles. The average molecular weight is 313 g/mol. The van der Waals surface area contributed by atoms with Gasteiger partial charge in [-0.2, -0.15) is 5.10 Å². The third-order valence-corrected chi connectivity index (χ3v) is 3.56. The Labute approximate surface area is 120 Å². The molecule has 0 bridgehead atoms. The molecule has 0 aliphatic carbocycles. The largest absolute Gasteiger partial charge is 0.260 e. The summed E-state index contributed by atoms with van der Waals surface area (Å²) in [5.41, 5.74) is 3.57. The predicted molar refractivity (Wildman–Crippen MR) is 80.9 cm³/mol. The van der Waals surface area contributed by atoms with Crippen LogP contribution < -0.4 is 0 Å². The maximum absolute atomic E-state index is 4.42. The Bertz CT molecular complexity index is 657. The van der Waals surface area contributed by atoms with Crippen molar-refractivity contribution in [2.75, 3.05) is 0 Å². The summed E-state index contributed by atoms with van der Waals surface area (Å²) in [4.78, 5) is 0. The smallest absolute Gasteiger partial charge is 0.0686 e. The number of halogens is 1. The lowest BCUT2D eigenvalue weighted by atomic mass is 10.1. The van der Waals surface area contributed by atoms with Gasteiger partial charge in [-0.25, -0.2) is 0 Å². The summed E-state index contributed by atoms with van der Waals surface area (Å²) in [7, 11) is 0. The quantitative estimate of drug-likeness (QED) is 0.702. The molecule has 1 aromatic heterocycles. The summed E-state index contributed by atoms with van der Waals surface area (Å²) < 4.78 is 3.12. The van der Waals surface area contributed by atoms with Crippen molar-refractivity contribution in [1.82, 2.24) is 9.78 Å². The lowest BCUT2D eigenvalue weighted by Gasteiger charge is -2.08. The Morgan fingerprint density at radius 2 is 1.63 bits per heavy atom. The van der Waals surface area contributed by atoms with Crippen molar-refractivity contribution in [2.45, 2.75) is 6.54 Å². The van der Waals surface area contributed by atoms with E-state index in [-0.39, 0.29) is 0 Å². The van der Waals surface area contributed by atoms with E-state index in [9.17, 15) is 0 Å². The highest BCUT2D eigenvalue weighted by atomic mass is 79.9. The van der Waals surface area contributed by atoms with Crippen LogP contribution >= 0.6 is 15.9 Å². The highest BCUT2D eigenvalue weighted by molar-refractivity contribution is 9.10. The molecule has 1 heterocycles. The van der Waals surface area contributed by atoms with Crippen molar-refractivity contribution in [2.24, 2.45) is 0 Å². The fraction of sp³-hybridized carbons (Fsp3) is 0.0625. The zero-order valence-electron chi connectivity index (χ0n) is 10.3. The van der Waals surface area contributed by atoms with Crippen molar-refractivity contribution in [3.05, 3.63) is 76.9 Å². The number of hydrogen-bond donors (Lipinski definition) is 0. The average Bonchev–Trinajstić information content (AvgIpc) is 2.90. The Hall–Kier alpha value is -1.87. The monoisotopic (exact) mass is 312 g/mol. The van der Waals surface area contributed by atoms with Gasteiger partial charge in [-0.15, -0.1) is 0 Å². The normalized spacial score (nSPS) is 10.6. The summed E-state index contributed by atoms with van der Waals surface area (Å²) in [6.45, 7) is 0.782. The van der Waals surface area contributed by atoms with E-state index >= 15 is 0 Å². The fourth-order valence-corrected chi connectivity index (χ4v) is 2.34. The van der Waals surface area contributed by atoms with E-state index in [0.717, 1.165) is 16.7 Å². The second-order valence-corrected chi connectivity index (χ2v) is 5.28. The Balaban J connectivity index is 1.91. The summed E-state index contributed by atoms with van der Waals surface area (Å²) in [6.07, 6.45) is 1.85. The molecule has 19 heavy (non-hydrogen) atoms. The first-order valence-corrected chi connectivity index (χ1v) is 6.94. The van der Waals surface area contributed by atoms with E-state index in [1.54, 1.807) is 0 Å². The Morgan fingerprint density at radius 3 is 2.37 bits per heavy atom. The third kappa shape index (κ3) is 2.76. The van der Waals surface area contributed by atoms with Crippen LogP contribution in [0.15, 0.2) is 71.3 Å². The Morgan fingerprint density at radius 1 is 0.895 bits per heavy atom. The summed E-state index contributed by atoms with van der Waals surface area (Å²) in [5.74, 6) is 0. The minimum atomic E-state index is 0.782. The van der Waals surface area contributed by atoms with Crippen LogP contribution in [0.1, 0.15) is 5.56 Å². The molecule has 0 atom stereocenters. The van der Waals surface area contributed by atoms with E-state index in [4.69, 9.17) is 0 Å². The molecule has 3 heteroatoms.